The van der Waals surface area contributed by atoms with E-state index in [1.165, 1.54) is 5.56 Å². The molecule has 2 heteroatoms. The number of benzene rings is 1. The van der Waals surface area contributed by atoms with Crippen LogP contribution in [0.15, 0.2) is 30.3 Å². The molecule has 0 saturated heterocycles. The zero-order chi connectivity index (χ0) is 12.8. The van der Waals surface area contributed by atoms with Crippen LogP contribution in [0.5, 0.6) is 0 Å². The van der Waals surface area contributed by atoms with Gasteiger partial charge in [-0.1, -0.05) is 58.0 Å². The average molecular weight is 223 g/mol. The van der Waals surface area contributed by atoms with Crippen LogP contribution in [0.1, 0.15) is 33.3 Å². The Morgan fingerprint density at radius 2 is 1.62 bits per heavy atom. The van der Waals surface area contributed by atoms with Gasteiger partial charge in [0.1, 0.15) is 6.29 Å². The summed E-state index contributed by atoms with van der Waals surface area (Å²) in [5, 5.41) is 2.93. The van der Waals surface area contributed by atoms with Crippen LogP contribution >= 0.6 is 0 Å². The van der Waals surface area contributed by atoms with Crippen LogP contribution in [0.25, 0.3) is 0 Å². The highest BCUT2D eigenvalue weighted by molar-refractivity contribution is 5.58. The predicted octanol–water partition coefficient (Wildman–Crippen LogP) is 3.07. The lowest BCUT2D eigenvalue weighted by molar-refractivity contribution is -0.109. The van der Waals surface area contributed by atoms with Gasteiger partial charge < -0.3 is 10.1 Å². The van der Waals surface area contributed by atoms with Crippen LogP contribution in [0, 0.1) is 0 Å². The van der Waals surface area contributed by atoms with Crippen LogP contribution in [0.4, 0.5) is 0 Å². The summed E-state index contributed by atoms with van der Waals surface area (Å²) in [6.07, 6.45) is 1.70. The fraction of sp³-hybridized carbons (Fsp3) is 0.500. The maximum Gasteiger partial charge on any atom is 0.137 e. The first-order valence-corrected chi connectivity index (χ1v) is 6.03. The normalized spacial score (nSPS) is 10.1. The summed E-state index contributed by atoms with van der Waals surface area (Å²) < 4.78 is 0. The molecule has 0 spiro atoms. The molecule has 0 fully saturated rings. The zero-order valence-electron chi connectivity index (χ0n) is 11.2. The van der Waals surface area contributed by atoms with E-state index in [9.17, 15) is 4.79 Å². The molecule has 1 aromatic carbocycles. The zero-order valence-corrected chi connectivity index (χ0v) is 11.2. The third-order valence-corrected chi connectivity index (χ3v) is 1.83. The lowest BCUT2D eigenvalue weighted by Crippen LogP contribution is -2.28. The van der Waals surface area contributed by atoms with Crippen molar-refractivity contribution in [2.24, 2.45) is 0 Å². The van der Waals surface area contributed by atoms with Crippen molar-refractivity contribution >= 4 is 6.29 Å². The number of likely N-dealkylation sites (N-methyl/N-ethyl adjacent to an activating group) is 1. The minimum atomic E-state index is -0.0626. The van der Waals surface area contributed by atoms with Crippen molar-refractivity contribution in [1.82, 2.24) is 5.32 Å². The first kappa shape index (κ1) is 17.3. The monoisotopic (exact) mass is 223 g/mol. The summed E-state index contributed by atoms with van der Waals surface area (Å²) in [5.41, 5.74) is 1.18. The maximum atomic E-state index is 10.5. The molecular formula is C14H25NO. The number of nitrogens with one attached hydrogen (secondary N) is 1. The molecule has 0 aliphatic carbocycles. The molecule has 0 saturated carbocycles. The summed E-state index contributed by atoms with van der Waals surface area (Å²) in [5.74, 6) is 0. The number of rotatable bonds is 4. The average Bonchev–Trinajstić information content (AvgIpc) is 2.42. The number of hydrogen-bond donors (Lipinski definition) is 1. The van der Waals surface area contributed by atoms with Crippen molar-refractivity contribution in [1.29, 1.82) is 0 Å². The van der Waals surface area contributed by atoms with Gasteiger partial charge in [0.2, 0.25) is 0 Å². The molecule has 0 heterocycles. The molecule has 2 nitrogen and oxygen atoms in total. The van der Waals surface area contributed by atoms with Gasteiger partial charge >= 0.3 is 0 Å². The van der Waals surface area contributed by atoms with Crippen molar-refractivity contribution in [3.05, 3.63) is 35.9 Å². The minimum Gasteiger partial charge on any atom is -0.311 e. The predicted molar refractivity (Wildman–Crippen MR) is 71.8 cm³/mol. The second-order valence-electron chi connectivity index (χ2n) is 2.72. The van der Waals surface area contributed by atoms with E-state index >= 15 is 0 Å². The van der Waals surface area contributed by atoms with Gasteiger partial charge in [0.25, 0.3) is 0 Å². The molecule has 1 atom stereocenters. The highest BCUT2D eigenvalue weighted by Crippen LogP contribution is 2.01. The summed E-state index contributed by atoms with van der Waals surface area (Å²) >= 11 is 0. The molecule has 0 aliphatic rings. The van der Waals surface area contributed by atoms with Crippen molar-refractivity contribution in [2.75, 3.05) is 7.05 Å². The Bertz CT molecular complexity index is 234. The molecule has 0 amide bonds. The molecular weight excluding hydrogens is 198 g/mol. The highest BCUT2D eigenvalue weighted by atomic mass is 16.1. The first-order valence-electron chi connectivity index (χ1n) is 6.03. The Morgan fingerprint density at radius 1 is 1.12 bits per heavy atom. The Hall–Kier alpha value is -1.15. The summed E-state index contributed by atoms with van der Waals surface area (Å²) in [4.78, 5) is 10.5. The van der Waals surface area contributed by atoms with Crippen LogP contribution < -0.4 is 5.32 Å². The second kappa shape index (κ2) is 13.8. The van der Waals surface area contributed by atoms with Gasteiger partial charge in [-0.15, -0.1) is 0 Å². The van der Waals surface area contributed by atoms with Crippen LogP contribution in [-0.2, 0) is 11.2 Å². The number of aldehydes is 1. The molecule has 0 aliphatic heterocycles. The minimum absolute atomic E-state index is 0.0626. The molecule has 0 unspecified atom stereocenters. The molecule has 0 radical (unpaired) electrons. The molecule has 1 aromatic rings. The number of carbonyl (C=O) groups is 1. The standard InChI is InChI=1S/C10H13NO.2C2H6/c1-11-10(8-12)7-9-5-3-2-4-6-9;2*1-2/h2-6,8,10-11H,7H2,1H3;2*1-2H3/t10-;;/m0../s1. The highest BCUT2D eigenvalue weighted by Gasteiger charge is 2.03. The van der Waals surface area contributed by atoms with E-state index in [0.29, 0.717) is 0 Å². The number of carbonyl (C=O) groups excluding carboxylic acids is 1. The quantitative estimate of drug-likeness (QED) is 0.795. The second-order valence-corrected chi connectivity index (χ2v) is 2.72. The molecule has 92 valence electrons. The summed E-state index contributed by atoms with van der Waals surface area (Å²) in [6.45, 7) is 8.00. The van der Waals surface area contributed by atoms with Crippen LogP contribution in [-0.4, -0.2) is 19.4 Å². The summed E-state index contributed by atoms with van der Waals surface area (Å²) in [7, 11) is 1.79. The van der Waals surface area contributed by atoms with Gasteiger partial charge in [0.15, 0.2) is 0 Å². The smallest absolute Gasteiger partial charge is 0.137 e. The topological polar surface area (TPSA) is 29.1 Å². The lowest BCUT2D eigenvalue weighted by atomic mass is 10.1. The van der Waals surface area contributed by atoms with E-state index in [0.717, 1.165) is 12.7 Å². The van der Waals surface area contributed by atoms with E-state index in [2.05, 4.69) is 5.32 Å². The maximum absolute atomic E-state index is 10.5. The van der Waals surface area contributed by atoms with Gasteiger partial charge in [0, 0.05) is 0 Å². The Balaban J connectivity index is 0. The van der Waals surface area contributed by atoms with Crippen molar-refractivity contribution < 1.29 is 4.79 Å². The van der Waals surface area contributed by atoms with E-state index in [-0.39, 0.29) is 6.04 Å². The van der Waals surface area contributed by atoms with E-state index in [1.54, 1.807) is 7.05 Å². The van der Waals surface area contributed by atoms with Crippen molar-refractivity contribution in [2.45, 2.75) is 40.2 Å². The van der Waals surface area contributed by atoms with Gasteiger partial charge in [-0.05, 0) is 19.0 Å². The molecule has 0 aromatic heterocycles. The fourth-order valence-electron chi connectivity index (χ4n) is 1.09. The lowest BCUT2D eigenvalue weighted by Gasteiger charge is -2.07. The largest absolute Gasteiger partial charge is 0.311 e. The third kappa shape index (κ3) is 8.18. The molecule has 16 heavy (non-hydrogen) atoms. The van der Waals surface area contributed by atoms with Crippen molar-refractivity contribution in [3.63, 3.8) is 0 Å². The molecule has 0 bridgehead atoms. The number of hydrogen-bond acceptors (Lipinski definition) is 2. The van der Waals surface area contributed by atoms with Crippen LogP contribution in [0.2, 0.25) is 0 Å². The first-order chi connectivity index (χ1) is 7.86. The Morgan fingerprint density at radius 3 is 2.00 bits per heavy atom. The Labute approximate surface area is 100 Å². The van der Waals surface area contributed by atoms with E-state index in [1.807, 2.05) is 58.0 Å². The van der Waals surface area contributed by atoms with Gasteiger partial charge in [0.05, 0.1) is 6.04 Å². The van der Waals surface area contributed by atoms with Gasteiger partial charge in [-0.25, -0.2) is 0 Å². The fourth-order valence-corrected chi connectivity index (χ4v) is 1.09. The van der Waals surface area contributed by atoms with Gasteiger partial charge in [-0.3, -0.25) is 0 Å². The Kier molecular flexibility index (Phi) is 14.9. The SMILES string of the molecule is CC.CC.CN[C@H](C=O)Cc1ccccc1. The summed E-state index contributed by atoms with van der Waals surface area (Å²) in [6, 6.07) is 9.91. The van der Waals surface area contributed by atoms with Crippen molar-refractivity contribution in [3.8, 4) is 0 Å². The van der Waals surface area contributed by atoms with Gasteiger partial charge in [-0.2, -0.15) is 0 Å². The van der Waals surface area contributed by atoms with Crippen LogP contribution in [0.3, 0.4) is 0 Å². The molecule has 1 rings (SSSR count). The molecule has 1 N–H and O–H groups in total. The van der Waals surface area contributed by atoms with E-state index < -0.39 is 0 Å². The van der Waals surface area contributed by atoms with E-state index in [4.69, 9.17) is 0 Å². The third-order valence-electron chi connectivity index (χ3n) is 1.83.